The molecule has 47 heavy (non-hydrogen) atoms. The first-order valence-electron chi connectivity index (χ1n) is 15.9. The van der Waals surface area contributed by atoms with Crippen molar-refractivity contribution >= 4 is 47.4 Å². The van der Waals surface area contributed by atoms with Gasteiger partial charge in [-0.05, 0) is 50.3 Å². The SMILES string of the molecule is CC[C@@]1(OC(=O)CCNC(=O)OC(C)(C)C)C(=O)OCc2c1cc1n(c2=O)Cc2c-1nc1ccccc1c2[Si-](C)(C)c1ccccc1. The van der Waals surface area contributed by atoms with Crippen LogP contribution in [0.1, 0.15) is 57.2 Å². The lowest BCUT2D eigenvalue weighted by Crippen LogP contribution is -2.54. The summed E-state index contributed by atoms with van der Waals surface area (Å²) < 4.78 is 18.3. The number of pyridine rings is 2. The van der Waals surface area contributed by atoms with Gasteiger partial charge < -0.3 is 24.1 Å². The largest absolute Gasteiger partial charge is 0.457 e. The van der Waals surface area contributed by atoms with Crippen LogP contribution >= 0.6 is 0 Å². The van der Waals surface area contributed by atoms with Gasteiger partial charge in [0.05, 0.1) is 35.4 Å². The highest BCUT2D eigenvalue weighted by Crippen LogP contribution is 2.41. The molecule has 6 rings (SSSR count). The number of esters is 2. The first-order valence-corrected chi connectivity index (χ1v) is 18.9. The van der Waals surface area contributed by atoms with Crippen molar-refractivity contribution < 1.29 is 28.6 Å². The van der Waals surface area contributed by atoms with Crippen LogP contribution in [0.2, 0.25) is 13.1 Å². The molecule has 0 aliphatic carbocycles. The first-order chi connectivity index (χ1) is 22.3. The predicted octanol–water partition coefficient (Wildman–Crippen LogP) is 4.37. The van der Waals surface area contributed by atoms with Crippen LogP contribution in [0.4, 0.5) is 4.79 Å². The lowest BCUT2D eigenvalue weighted by atomic mass is 9.85. The van der Waals surface area contributed by atoms with Crippen LogP contribution in [-0.2, 0) is 42.6 Å². The number of nitrogens with one attached hydrogen (secondary N) is 1. The van der Waals surface area contributed by atoms with Gasteiger partial charge in [0.2, 0.25) is 5.60 Å². The standard InChI is InChI=1S/C36H39N3O7Si/c1-7-36(45-29(40)17-18-37-34(43)46-35(2,3)4)26-19-28-30-24(20-39(28)32(41)25(26)21-44-33(36)42)31(23-15-11-12-16-27(23)38-30)47(5,6)22-13-9-8-10-14-22/h8-16,19H,7,17-18,20-21H2,1-6H3,(H,37,43)/q-1/t36-/m0/s1. The Balaban J connectivity index is 1.43. The fraction of sp³-hybridized carbons (Fsp3) is 0.361. The number of para-hydroxylation sites is 1. The van der Waals surface area contributed by atoms with Gasteiger partial charge in [0.1, 0.15) is 12.2 Å². The average Bonchev–Trinajstić information content (AvgIpc) is 3.39. The van der Waals surface area contributed by atoms with E-state index in [2.05, 4.69) is 48.7 Å². The molecule has 11 heteroatoms. The fourth-order valence-corrected chi connectivity index (χ4v) is 9.88. The number of hydrogen-bond acceptors (Lipinski definition) is 8. The summed E-state index contributed by atoms with van der Waals surface area (Å²) in [4.78, 5) is 57.9. The number of cyclic esters (lactones) is 1. The molecule has 0 saturated heterocycles. The monoisotopic (exact) mass is 653 g/mol. The van der Waals surface area contributed by atoms with Crippen LogP contribution < -0.4 is 21.2 Å². The second-order valence-electron chi connectivity index (χ2n) is 13.5. The molecule has 4 aromatic rings. The highest BCUT2D eigenvalue weighted by atomic mass is 28.3. The molecule has 0 radical (unpaired) electrons. The highest BCUT2D eigenvalue weighted by molar-refractivity contribution is 7.02. The molecule has 4 heterocycles. The van der Waals surface area contributed by atoms with E-state index in [0.29, 0.717) is 23.5 Å². The van der Waals surface area contributed by atoms with E-state index in [1.807, 2.05) is 24.3 Å². The second-order valence-corrected chi connectivity index (χ2v) is 17.9. The summed E-state index contributed by atoms with van der Waals surface area (Å²) >= 11 is 0. The van der Waals surface area contributed by atoms with E-state index < -0.39 is 37.3 Å². The maximum absolute atomic E-state index is 14.2. The predicted molar refractivity (Wildman–Crippen MR) is 180 cm³/mol. The molecule has 2 aromatic carbocycles. The van der Waals surface area contributed by atoms with E-state index in [0.717, 1.165) is 16.5 Å². The molecule has 2 aromatic heterocycles. The van der Waals surface area contributed by atoms with Gasteiger partial charge in [-0.2, -0.15) is 23.5 Å². The average molecular weight is 654 g/mol. The van der Waals surface area contributed by atoms with Crippen LogP contribution in [0.5, 0.6) is 0 Å². The number of carbonyl (C=O) groups is 3. The molecule has 1 atom stereocenters. The van der Waals surface area contributed by atoms with Gasteiger partial charge in [-0.15, -0.1) is 0 Å². The van der Waals surface area contributed by atoms with Crippen LogP contribution in [-0.4, -0.2) is 47.8 Å². The smallest absolute Gasteiger partial charge is 0.407 e. The number of alkyl carbamates (subject to hydrolysis) is 1. The van der Waals surface area contributed by atoms with Gasteiger partial charge in [-0.25, -0.2) is 14.6 Å². The maximum Gasteiger partial charge on any atom is 0.407 e. The zero-order valence-electron chi connectivity index (χ0n) is 27.6. The molecule has 10 nitrogen and oxygen atoms in total. The van der Waals surface area contributed by atoms with Crippen LogP contribution in [0.3, 0.4) is 0 Å². The lowest BCUT2D eigenvalue weighted by molar-refractivity contribution is -0.189. The number of benzene rings is 2. The molecule has 0 fully saturated rings. The van der Waals surface area contributed by atoms with E-state index in [1.54, 1.807) is 38.3 Å². The molecule has 0 unspecified atom stereocenters. The Morgan fingerprint density at radius 3 is 2.45 bits per heavy atom. The van der Waals surface area contributed by atoms with Gasteiger partial charge in [0, 0.05) is 12.1 Å². The summed E-state index contributed by atoms with van der Waals surface area (Å²) in [7, 11) is -2.31. The normalized spacial score (nSPS) is 16.9. The summed E-state index contributed by atoms with van der Waals surface area (Å²) in [5, 5.41) is 6.07. The summed E-state index contributed by atoms with van der Waals surface area (Å²) in [5.74, 6) is -1.47. The highest BCUT2D eigenvalue weighted by Gasteiger charge is 2.50. The minimum absolute atomic E-state index is 0.0458. The molecule has 2 aliphatic rings. The Hall–Kier alpha value is -4.77. The molecular formula is C36H39N3O7Si-. The van der Waals surface area contributed by atoms with Crippen molar-refractivity contribution in [3.05, 3.63) is 87.7 Å². The molecule has 0 bridgehead atoms. The van der Waals surface area contributed by atoms with Gasteiger partial charge in [0.25, 0.3) is 5.56 Å². The third-order valence-electron chi connectivity index (χ3n) is 8.97. The van der Waals surface area contributed by atoms with E-state index in [1.165, 1.54) is 10.4 Å². The molecule has 245 valence electrons. The summed E-state index contributed by atoms with van der Waals surface area (Å²) in [6.07, 6.45) is -0.838. The Morgan fingerprint density at radius 2 is 1.74 bits per heavy atom. The van der Waals surface area contributed by atoms with Gasteiger partial charge in [0.15, 0.2) is 0 Å². The second kappa shape index (κ2) is 11.8. The molecular weight excluding hydrogens is 614 g/mol. The van der Waals surface area contributed by atoms with Crippen molar-refractivity contribution in [2.45, 2.75) is 78.0 Å². The lowest BCUT2D eigenvalue weighted by Gasteiger charge is -2.39. The summed E-state index contributed by atoms with van der Waals surface area (Å²) in [5.41, 5.74) is 0.823. The number of amides is 1. The molecule has 0 saturated carbocycles. The van der Waals surface area contributed by atoms with E-state index in [4.69, 9.17) is 19.2 Å². The number of fused-ring (bicyclic) bond motifs is 5. The summed E-state index contributed by atoms with van der Waals surface area (Å²) in [6.45, 7) is 11.6. The van der Waals surface area contributed by atoms with Crippen molar-refractivity contribution in [3.63, 3.8) is 0 Å². The zero-order valence-corrected chi connectivity index (χ0v) is 28.6. The Morgan fingerprint density at radius 1 is 1.04 bits per heavy atom. The quantitative estimate of drug-likeness (QED) is 0.156. The van der Waals surface area contributed by atoms with E-state index in [9.17, 15) is 19.2 Å². The third-order valence-corrected chi connectivity index (χ3v) is 12.6. The van der Waals surface area contributed by atoms with Crippen molar-refractivity contribution in [2.24, 2.45) is 0 Å². The zero-order chi connectivity index (χ0) is 33.7. The van der Waals surface area contributed by atoms with Gasteiger partial charge >= 0.3 is 18.0 Å². The Kier molecular flexibility index (Phi) is 8.07. The first kappa shape index (κ1) is 32.2. The Bertz CT molecular complexity index is 1980. The van der Waals surface area contributed by atoms with Crippen molar-refractivity contribution in [2.75, 3.05) is 6.54 Å². The molecule has 1 N–H and O–H groups in total. The van der Waals surface area contributed by atoms with Gasteiger partial charge in [-0.3, -0.25) is 9.59 Å². The number of aromatic nitrogens is 2. The number of rotatable bonds is 7. The Labute approximate surface area is 274 Å². The topological polar surface area (TPSA) is 126 Å². The van der Waals surface area contributed by atoms with Crippen molar-refractivity contribution in [3.8, 4) is 11.4 Å². The summed E-state index contributed by atoms with van der Waals surface area (Å²) in [6, 6.07) is 20.3. The number of nitrogens with zero attached hydrogens (tertiary/aromatic N) is 2. The number of carbonyl (C=O) groups excluding carboxylic acids is 3. The minimum atomic E-state index is -2.31. The van der Waals surface area contributed by atoms with E-state index >= 15 is 0 Å². The van der Waals surface area contributed by atoms with E-state index in [-0.39, 0.29) is 37.1 Å². The fourth-order valence-electron chi connectivity index (χ4n) is 6.72. The third kappa shape index (κ3) is 5.62. The van der Waals surface area contributed by atoms with Crippen LogP contribution in [0.15, 0.2) is 65.5 Å². The maximum atomic E-state index is 14.2. The minimum Gasteiger partial charge on any atom is -0.457 e. The van der Waals surface area contributed by atoms with Gasteiger partial charge in [-0.1, -0.05) is 63.5 Å². The van der Waals surface area contributed by atoms with Crippen LogP contribution in [0.25, 0.3) is 22.3 Å². The van der Waals surface area contributed by atoms with Crippen molar-refractivity contribution in [1.29, 1.82) is 0 Å². The molecule has 1 amide bonds. The number of ether oxygens (including phenoxy) is 3. The van der Waals surface area contributed by atoms with Crippen molar-refractivity contribution in [1.82, 2.24) is 14.9 Å². The molecule has 2 aliphatic heterocycles. The number of hydrogen-bond donors (Lipinski definition) is 1. The molecule has 0 spiro atoms. The van der Waals surface area contributed by atoms with Crippen LogP contribution in [0, 0.1) is 0 Å².